The topological polar surface area (TPSA) is 253 Å². The van der Waals surface area contributed by atoms with Crippen LogP contribution >= 0.6 is 0 Å². The molecule has 0 amide bonds. The minimum absolute atomic E-state index is 0. The van der Waals surface area contributed by atoms with Gasteiger partial charge in [-0.25, -0.2) is 0 Å². The van der Waals surface area contributed by atoms with Gasteiger partial charge in [-0.05, 0) is 0 Å². The molecule has 0 aliphatic heterocycles. The number of hydrogen-bond donors (Lipinski definition) is 0. The molecular weight excluding hydrogens is 480 g/mol. The second-order valence-corrected chi connectivity index (χ2v) is 3.00. The van der Waals surface area contributed by atoms with Crippen LogP contribution in [0.25, 0.3) is 0 Å². The molecule has 0 heterocycles. The first-order chi connectivity index (χ1) is 6.93. The van der Waals surface area contributed by atoms with Crippen LogP contribution in [0, 0.1) is 0 Å². The van der Waals surface area contributed by atoms with Crippen LogP contribution in [0.1, 0.15) is 0 Å². The van der Waals surface area contributed by atoms with E-state index in [0.29, 0.717) is 0 Å². The molecule has 0 fully saturated rings. The van der Waals surface area contributed by atoms with E-state index in [9.17, 15) is 0 Å². The van der Waals surface area contributed by atoms with E-state index in [1.54, 1.807) is 0 Å². The van der Waals surface area contributed by atoms with Gasteiger partial charge in [0.25, 0.3) is 0 Å². The van der Waals surface area contributed by atoms with Gasteiger partial charge >= 0.3 is 49.5 Å². The monoisotopic (exact) mass is 478 g/mol. The summed E-state index contributed by atoms with van der Waals surface area (Å²) in [5.74, 6) is 0. The molecule has 0 bridgehead atoms. The zero-order chi connectivity index (χ0) is 14.3. The molecule has 0 rings (SSSR count). The van der Waals surface area contributed by atoms with E-state index >= 15 is 0 Å². The Morgan fingerprint density at radius 3 is 0.368 bits per heavy atom. The van der Waals surface area contributed by atoms with Gasteiger partial charge in [-0.1, -0.05) is 0 Å². The molecule has 0 aromatic rings. The minimum Gasteiger partial charge on any atom is -0.672 e. The summed E-state index contributed by atoms with van der Waals surface area (Å²) in [7, 11) is -14.5. The zero-order valence-corrected chi connectivity index (χ0v) is 14.8. The van der Waals surface area contributed by atoms with E-state index in [4.69, 9.17) is 56.2 Å². The second-order valence-electron chi connectivity index (χ2n) is 1.00. The Morgan fingerprint density at radius 1 is 0.368 bits per heavy atom. The fourth-order valence-corrected chi connectivity index (χ4v) is 0. The van der Waals surface area contributed by atoms with Crippen LogP contribution in [0.3, 0.4) is 0 Å². The molecule has 19 heteroatoms. The molecular formula is Ni3O12Si4-2. The largest absolute Gasteiger partial charge is 2.00 e. The molecule has 120 valence electrons. The summed E-state index contributed by atoms with van der Waals surface area (Å²) in [5.41, 5.74) is 0. The zero-order valence-electron chi connectivity index (χ0n) is 7.85. The van der Waals surface area contributed by atoms with E-state index in [-0.39, 0.29) is 49.5 Å². The van der Waals surface area contributed by atoms with Gasteiger partial charge in [-0.15, -0.1) is 0 Å². The first-order valence-electron chi connectivity index (χ1n) is 2.45. The summed E-state index contributed by atoms with van der Waals surface area (Å²) in [4.78, 5) is 68.1. The van der Waals surface area contributed by atoms with Crippen LogP contribution in [0.15, 0.2) is 0 Å². The molecule has 0 spiro atoms. The Bertz CT molecular complexity index is 165. The van der Waals surface area contributed by atoms with Crippen LogP contribution in [0.2, 0.25) is 0 Å². The summed E-state index contributed by atoms with van der Waals surface area (Å²) >= 11 is 0. The van der Waals surface area contributed by atoms with Crippen LogP contribution < -0.4 is 38.4 Å². The Morgan fingerprint density at radius 2 is 0.368 bits per heavy atom. The minimum atomic E-state index is -3.63. The van der Waals surface area contributed by atoms with E-state index in [0.717, 1.165) is 0 Å². The average Bonchev–Trinajstić information content (AvgIpc) is 1.76. The summed E-state index contributed by atoms with van der Waals surface area (Å²) in [6.07, 6.45) is 0. The maximum absolute atomic E-state index is 8.52. The molecule has 0 unspecified atom stereocenters. The van der Waals surface area contributed by atoms with Crippen molar-refractivity contribution in [2.75, 3.05) is 0 Å². The predicted octanol–water partition coefficient (Wildman–Crippen LogP) is -11.5. The van der Waals surface area contributed by atoms with Gasteiger partial charge in [0.1, 0.15) is 0 Å². The number of hydrogen-bond acceptors (Lipinski definition) is 12. The first kappa shape index (κ1) is 42.8. The van der Waals surface area contributed by atoms with Gasteiger partial charge in [-0.3, -0.25) is 0 Å². The van der Waals surface area contributed by atoms with Crippen molar-refractivity contribution in [1.29, 1.82) is 0 Å². The predicted molar refractivity (Wildman–Crippen MR) is 25.8 cm³/mol. The molecule has 0 aromatic heterocycles. The van der Waals surface area contributed by atoms with Crippen molar-refractivity contribution in [2.45, 2.75) is 0 Å². The average molecular weight is 480 g/mol. The molecule has 12 nitrogen and oxygen atoms in total. The van der Waals surface area contributed by atoms with Gasteiger partial charge in [0.15, 0.2) is 0 Å². The molecule has 0 saturated carbocycles. The fraction of sp³-hybridized carbons (Fsp3) is 0. The Balaban J connectivity index is -0.0000000192. The van der Waals surface area contributed by atoms with E-state index in [2.05, 4.69) is 0 Å². The van der Waals surface area contributed by atoms with Gasteiger partial charge in [0.05, 0.1) is 0 Å². The molecule has 0 atom stereocenters. The third kappa shape index (κ3) is 1690000. The standard InChI is InChI=1S/3Ni.4O3Si/c;;;4*1-4(2)3/q3*+2;4*-2. The summed E-state index contributed by atoms with van der Waals surface area (Å²) < 4.78 is 34.1. The Labute approximate surface area is 142 Å². The van der Waals surface area contributed by atoms with E-state index < -0.39 is 36.7 Å². The van der Waals surface area contributed by atoms with Gasteiger partial charge in [-0.2, -0.15) is 0 Å². The molecule has 0 N–H and O–H groups in total. The van der Waals surface area contributed by atoms with Crippen LogP contribution in [0.4, 0.5) is 0 Å². The molecule has 0 saturated heterocycles. The first-order valence-corrected chi connectivity index (χ1v) is 7.35. The van der Waals surface area contributed by atoms with Gasteiger partial charge in [0.2, 0.25) is 0 Å². The van der Waals surface area contributed by atoms with Crippen molar-refractivity contribution in [1.82, 2.24) is 0 Å². The van der Waals surface area contributed by atoms with Crippen molar-refractivity contribution in [3.8, 4) is 0 Å². The molecule has 19 heavy (non-hydrogen) atoms. The van der Waals surface area contributed by atoms with Crippen LogP contribution in [-0.4, -0.2) is 36.7 Å². The molecule has 0 radical (unpaired) electrons. The summed E-state index contributed by atoms with van der Waals surface area (Å²) in [6, 6.07) is 0. The Hall–Kier alpha value is -0.0519. The third-order valence-electron chi connectivity index (χ3n) is 0. The maximum Gasteiger partial charge on any atom is 2.00 e. The normalized spacial score (nSPS) is 5.05. The van der Waals surface area contributed by atoms with Gasteiger partial charge < -0.3 is 56.2 Å². The Kier molecular flexibility index (Phi) is 81.3. The summed E-state index contributed by atoms with van der Waals surface area (Å²) in [5, 5.41) is 0. The van der Waals surface area contributed by atoms with Crippen molar-refractivity contribution in [2.24, 2.45) is 0 Å². The second kappa shape index (κ2) is 36.1. The van der Waals surface area contributed by atoms with E-state index in [1.807, 2.05) is 0 Å². The maximum atomic E-state index is 8.52. The van der Waals surface area contributed by atoms with Crippen LogP contribution in [0.5, 0.6) is 0 Å². The van der Waals surface area contributed by atoms with Crippen molar-refractivity contribution < 1.29 is 106 Å². The SMILES string of the molecule is O=[Si]([O-])[O-].O=[Si]([O-])[O-].O=[Si]([O-])[O-].O=[Si]([O-])[O-].[Ni+2].[Ni+2].[Ni+2]. The smallest absolute Gasteiger partial charge is 0.672 e. The molecule has 0 aromatic carbocycles. The van der Waals surface area contributed by atoms with Crippen LogP contribution in [-0.2, 0) is 67.3 Å². The third-order valence-corrected chi connectivity index (χ3v) is 0. The quantitative estimate of drug-likeness (QED) is 0.293. The summed E-state index contributed by atoms with van der Waals surface area (Å²) in [6.45, 7) is 0. The fourth-order valence-electron chi connectivity index (χ4n) is 0. The van der Waals surface area contributed by atoms with E-state index in [1.165, 1.54) is 0 Å². The molecule has 0 aliphatic carbocycles. The van der Waals surface area contributed by atoms with Gasteiger partial charge in [0, 0.05) is 36.7 Å². The van der Waals surface area contributed by atoms with Crippen molar-refractivity contribution in [3.05, 3.63) is 0 Å². The van der Waals surface area contributed by atoms with Crippen molar-refractivity contribution in [3.63, 3.8) is 0 Å². The molecule has 0 aliphatic rings. The number of rotatable bonds is 0. The van der Waals surface area contributed by atoms with Crippen molar-refractivity contribution >= 4 is 36.7 Å².